The van der Waals surface area contributed by atoms with E-state index in [2.05, 4.69) is 47.8 Å². The number of rotatable bonds is 4. The molecule has 1 N–H and O–H groups in total. The fourth-order valence-corrected chi connectivity index (χ4v) is 3.25. The van der Waals surface area contributed by atoms with Crippen molar-refractivity contribution < 1.29 is 0 Å². The standard InChI is InChI=1S/C17H18ClN/c1-19-17(13-9-5-6-10-16(13)18)15-11-14(15)12-7-3-2-4-8-12/h2-10,14-15,17,19H,11H2,1H3. The van der Waals surface area contributed by atoms with E-state index in [9.17, 15) is 0 Å². The first-order valence-electron chi connectivity index (χ1n) is 6.78. The molecule has 3 rings (SSSR count). The van der Waals surface area contributed by atoms with Gasteiger partial charge in [-0.2, -0.15) is 0 Å². The summed E-state index contributed by atoms with van der Waals surface area (Å²) in [6.45, 7) is 0. The van der Waals surface area contributed by atoms with Crippen molar-refractivity contribution in [3.8, 4) is 0 Å². The molecule has 0 saturated heterocycles. The topological polar surface area (TPSA) is 12.0 Å². The molecule has 1 aliphatic rings. The number of hydrogen-bond donors (Lipinski definition) is 1. The van der Waals surface area contributed by atoms with Crippen LogP contribution >= 0.6 is 11.6 Å². The summed E-state index contributed by atoms with van der Waals surface area (Å²) in [5.41, 5.74) is 2.66. The zero-order valence-electron chi connectivity index (χ0n) is 11.0. The highest BCUT2D eigenvalue weighted by Crippen LogP contribution is 2.54. The van der Waals surface area contributed by atoms with Crippen LogP contribution < -0.4 is 5.32 Å². The van der Waals surface area contributed by atoms with Crippen molar-refractivity contribution in [2.24, 2.45) is 5.92 Å². The van der Waals surface area contributed by atoms with Gasteiger partial charge in [0.15, 0.2) is 0 Å². The molecule has 0 radical (unpaired) electrons. The molecule has 0 bridgehead atoms. The maximum atomic E-state index is 6.32. The summed E-state index contributed by atoms with van der Waals surface area (Å²) in [5, 5.41) is 4.30. The molecule has 19 heavy (non-hydrogen) atoms. The van der Waals surface area contributed by atoms with Gasteiger partial charge in [-0.3, -0.25) is 0 Å². The van der Waals surface area contributed by atoms with Crippen molar-refractivity contribution in [2.45, 2.75) is 18.4 Å². The van der Waals surface area contributed by atoms with Crippen LogP contribution in [0.25, 0.3) is 0 Å². The van der Waals surface area contributed by atoms with Gasteiger partial charge in [-0.15, -0.1) is 0 Å². The minimum absolute atomic E-state index is 0.346. The largest absolute Gasteiger partial charge is 0.313 e. The molecule has 0 aromatic heterocycles. The van der Waals surface area contributed by atoms with Crippen LogP contribution in [-0.2, 0) is 0 Å². The molecule has 1 nitrogen and oxygen atoms in total. The van der Waals surface area contributed by atoms with Crippen LogP contribution in [0.15, 0.2) is 54.6 Å². The molecule has 1 saturated carbocycles. The van der Waals surface area contributed by atoms with E-state index in [1.807, 2.05) is 19.2 Å². The van der Waals surface area contributed by atoms with E-state index < -0.39 is 0 Å². The summed E-state index contributed by atoms with van der Waals surface area (Å²) in [7, 11) is 2.02. The zero-order valence-corrected chi connectivity index (χ0v) is 11.8. The van der Waals surface area contributed by atoms with Crippen LogP contribution in [0.3, 0.4) is 0 Å². The average Bonchev–Trinajstić information content (AvgIpc) is 3.23. The second kappa shape index (κ2) is 5.36. The molecule has 98 valence electrons. The minimum Gasteiger partial charge on any atom is -0.313 e. The first kappa shape index (κ1) is 12.7. The Hall–Kier alpha value is -1.31. The molecule has 1 fully saturated rings. The Morgan fingerprint density at radius 3 is 2.42 bits per heavy atom. The first-order valence-corrected chi connectivity index (χ1v) is 7.15. The van der Waals surface area contributed by atoms with Crippen molar-refractivity contribution in [3.05, 3.63) is 70.7 Å². The van der Waals surface area contributed by atoms with E-state index in [1.165, 1.54) is 17.5 Å². The van der Waals surface area contributed by atoms with Gasteiger partial charge in [0.05, 0.1) is 0 Å². The summed E-state index contributed by atoms with van der Waals surface area (Å²) < 4.78 is 0. The number of halogens is 1. The predicted octanol–water partition coefficient (Wildman–Crippen LogP) is 4.40. The van der Waals surface area contributed by atoms with Crippen molar-refractivity contribution in [1.82, 2.24) is 5.32 Å². The third-order valence-electron chi connectivity index (χ3n) is 4.05. The second-order valence-corrected chi connectivity index (χ2v) is 5.61. The van der Waals surface area contributed by atoms with Crippen LogP contribution in [0.1, 0.15) is 29.5 Å². The monoisotopic (exact) mass is 271 g/mol. The Balaban J connectivity index is 1.81. The third-order valence-corrected chi connectivity index (χ3v) is 4.39. The minimum atomic E-state index is 0.346. The van der Waals surface area contributed by atoms with Crippen LogP contribution in [0.2, 0.25) is 5.02 Å². The zero-order chi connectivity index (χ0) is 13.2. The van der Waals surface area contributed by atoms with E-state index in [4.69, 9.17) is 11.6 Å². The summed E-state index contributed by atoms with van der Waals surface area (Å²) in [4.78, 5) is 0. The molecular weight excluding hydrogens is 254 g/mol. The Morgan fingerprint density at radius 2 is 1.74 bits per heavy atom. The molecule has 0 heterocycles. The van der Waals surface area contributed by atoms with Gasteiger partial charge in [0, 0.05) is 11.1 Å². The SMILES string of the molecule is CNC(c1ccccc1Cl)C1CC1c1ccccc1. The lowest BCUT2D eigenvalue weighted by Crippen LogP contribution is -2.19. The fraction of sp³-hybridized carbons (Fsp3) is 0.294. The predicted molar refractivity (Wildman–Crippen MR) is 80.5 cm³/mol. The van der Waals surface area contributed by atoms with Crippen molar-refractivity contribution in [2.75, 3.05) is 7.05 Å². The quantitative estimate of drug-likeness (QED) is 0.869. The molecule has 1 aliphatic carbocycles. The van der Waals surface area contributed by atoms with Gasteiger partial charge < -0.3 is 5.32 Å². The van der Waals surface area contributed by atoms with E-state index >= 15 is 0 Å². The van der Waals surface area contributed by atoms with Crippen LogP contribution in [0, 0.1) is 5.92 Å². The van der Waals surface area contributed by atoms with Crippen molar-refractivity contribution in [1.29, 1.82) is 0 Å². The van der Waals surface area contributed by atoms with E-state index in [0.717, 1.165) is 5.02 Å². The molecule has 2 heteroatoms. The fourth-order valence-electron chi connectivity index (χ4n) is 2.99. The third kappa shape index (κ3) is 2.54. The van der Waals surface area contributed by atoms with Gasteiger partial charge in [0.25, 0.3) is 0 Å². The van der Waals surface area contributed by atoms with Gasteiger partial charge >= 0.3 is 0 Å². The molecule has 0 spiro atoms. The number of nitrogens with one attached hydrogen (secondary N) is 1. The summed E-state index contributed by atoms with van der Waals surface area (Å²) in [5.74, 6) is 1.31. The maximum Gasteiger partial charge on any atom is 0.0453 e. The van der Waals surface area contributed by atoms with E-state index in [1.54, 1.807) is 0 Å². The Bertz CT molecular complexity index is 552. The highest BCUT2D eigenvalue weighted by atomic mass is 35.5. The second-order valence-electron chi connectivity index (χ2n) is 5.20. The highest BCUT2D eigenvalue weighted by Gasteiger charge is 2.44. The normalized spacial score (nSPS) is 23.1. The summed E-state index contributed by atoms with van der Waals surface area (Å²) in [6.07, 6.45) is 1.24. The van der Waals surface area contributed by atoms with Crippen LogP contribution in [0.4, 0.5) is 0 Å². The molecular formula is C17H18ClN. The maximum absolute atomic E-state index is 6.32. The average molecular weight is 272 g/mol. The molecule has 2 aromatic carbocycles. The Morgan fingerprint density at radius 1 is 1.05 bits per heavy atom. The molecule has 3 atom stereocenters. The lowest BCUT2D eigenvalue weighted by Gasteiger charge is -2.18. The molecule has 0 aliphatic heterocycles. The summed E-state index contributed by atoms with van der Waals surface area (Å²) in [6, 6.07) is 19.3. The Labute approximate surface area is 119 Å². The highest BCUT2D eigenvalue weighted by molar-refractivity contribution is 6.31. The van der Waals surface area contributed by atoms with Crippen LogP contribution in [0.5, 0.6) is 0 Å². The van der Waals surface area contributed by atoms with Gasteiger partial charge in [-0.05, 0) is 42.5 Å². The van der Waals surface area contributed by atoms with Gasteiger partial charge in [-0.1, -0.05) is 60.1 Å². The number of benzene rings is 2. The molecule has 3 unspecified atom stereocenters. The lowest BCUT2D eigenvalue weighted by atomic mass is 9.99. The smallest absolute Gasteiger partial charge is 0.0453 e. The molecule has 2 aromatic rings. The van der Waals surface area contributed by atoms with Crippen molar-refractivity contribution >= 4 is 11.6 Å². The van der Waals surface area contributed by atoms with Gasteiger partial charge in [0.1, 0.15) is 0 Å². The van der Waals surface area contributed by atoms with Gasteiger partial charge in [-0.25, -0.2) is 0 Å². The van der Waals surface area contributed by atoms with Crippen molar-refractivity contribution in [3.63, 3.8) is 0 Å². The first-order chi connectivity index (χ1) is 9.31. The molecule has 0 amide bonds. The van der Waals surface area contributed by atoms with Crippen LogP contribution in [-0.4, -0.2) is 7.05 Å². The Kier molecular flexibility index (Phi) is 3.58. The van der Waals surface area contributed by atoms with Gasteiger partial charge in [0.2, 0.25) is 0 Å². The lowest BCUT2D eigenvalue weighted by molar-refractivity contribution is 0.518. The van der Waals surface area contributed by atoms with E-state index in [0.29, 0.717) is 17.9 Å². The summed E-state index contributed by atoms with van der Waals surface area (Å²) >= 11 is 6.32. The number of hydrogen-bond acceptors (Lipinski definition) is 1. The van der Waals surface area contributed by atoms with E-state index in [-0.39, 0.29) is 0 Å².